The number of fused-ring (bicyclic) bond motifs is 1. The van der Waals surface area contributed by atoms with Gasteiger partial charge in [-0.15, -0.1) is 0 Å². The summed E-state index contributed by atoms with van der Waals surface area (Å²) in [6.07, 6.45) is 4.03. The van der Waals surface area contributed by atoms with Gasteiger partial charge < -0.3 is 19.7 Å². The number of likely N-dealkylation sites (tertiary alicyclic amines) is 1. The van der Waals surface area contributed by atoms with E-state index in [0.717, 1.165) is 30.8 Å². The molecule has 2 aliphatic heterocycles. The van der Waals surface area contributed by atoms with E-state index in [9.17, 15) is 4.79 Å². The van der Waals surface area contributed by atoms with Crippen LogP contribution >= 0.6 is 0 Å². The molecule has 28 heavy (non-hydrogen) atoms. The fourth-order valence-corrected chi connectivity index (χ4v) is 5.74. The SMILES string of the molecule is COCCN1C(=O)C[C@@H](CN[C@@H]2[C@H]3CCO[C@H]3C2(C)C)[C@@H]1c1cnn(C)c1C. The van der Waals surface area contributed by atoms with Gasteiger partial charge >= 0.3 is 0 Å². The number of rotatable bonds is 7. The highest BCUT2D eigenvalue weighted by Gasteiger charge is 2.59. The standard InChI is InChI=1S/C21H34N4O3/c1-13-16(12-23-24(13)4)18-14(10-17(26)25(18)7-9-27-5)11-22-19-15-6-8-28-20(15)21(19,2)3/h12,14-15,18-20,22H,6-11H2,1-5H3/t14-,15+,18+,19+,20+/m0/s1. The lowest BCUT2D eigenvalue weighted by molar-refractivity contribution is -0.129. The summed E-state index contributed by atoms with van der Waals surface area (Å²) in [6, 6.07) is 0.515. The number of methoxy groups -OCH3 is 1. The van der Waals surface area contributed by atoms with Crippen molar-refractivity contribution in [2.45, 2.75) is 51.8 Å². The van der Waals surface area contributed by atoms with Gasteiger partial charge in [-0.1, -0.05) is 13.8 Å². The second-order valence-electron chi connectivity index (χ2n) is 9.25. The molecule has 1 amide bonds. The lowest BCUT2D eigenvalue weighted by Gasteiger charge is -2.55. The minimum Gasteiger partial charge on any atom is -0.383 e. The van der Waals surface area contributed by atoms with Crippen LogP contribution in [0.3, 0.4) is 0 Å². The van der Waals surface area contributed by atoms with Gasteiger partial charge in [0, 0.05) is 74.8 Å². The first-order valence-corrected chi connectivity index (χ1v) is 10.5. The van der Waals surface area contributed by atoms with Gasteiger partial charge in [-0.2, -0.15) is 5.10 Å². The van der Waals surface area contributed by atoms with E-state index in [1.807, 2.05) is 22.8 Å². The maximum atomic E-state index is 12.8. The number of nitrogens with zero attached hydrogens (tertiary/aromatic N) is 3. The van der Waals surface area contributed by atoms with Crippen LogP contribution in [-0.2, 0) is 21.3 Å². The summed E-state index contributed by atoms with van der Waals surface area (Å²) in [4.78, 5) is 14.8. The second kappa shape index (κ2) is 7.43. The summed E-state index contributed by atoms with van der Waals surface area (Å²) in [5.74, 6) is 1.06. The van der Waals surface area contributed by atoms with Crippen LogP contribution in [0.15, 0.2) is 6.20 Å². The number of hydrogen-bond donors (Lipinski definition) is 1. The zero-order valence-electron chi connectivity index (χ0n) is 17.8. The van der Waals surface area contributed by atoms with E-state index in [4.69, 9.17) is 9.47 Å². The van der Waals surface area contributed by atoms with Gasteiger partial charge in [-0.25, -0.2) is 0 Å². The molecular formula is C21H34N4O3. The number of ether oxygens (including phenoxy) is 2. The lowest BCUT2D eigenvalue weighted by Crippen LogP contribution is -2.66. The third-order valence-corrected chi connectivity index (χ3v) is 7.37. The van der Waals surface area contributed by atoms with Crippen LogP contribution in [0.5, 0.6) is 0 Å². The molecule has 1 aromatic heterocycles. The molecule has 7 nitrogen and oxygen atoms in total. The van der Waals surface area contributed by atoms with E-state index in [2.05, 4.69) is 31.2 Å². The normalized spacial score (nSPS) is 34.0. The highest BCUT2D eigenvalue weighted by atomic mass is 16.5. The molecule has 0 bridgehead atoms. The Balaban J connectivity index is 1.51. The third-order valence-electron chi connectivity index (χ3n) is 7.37. The van der Waals surface area contributed by atoms with E-state index in [1.54, 1.807) is 7.11 Å². The smallest absolute Gasteiger partial charge is 0.223 e. The summed E-state index contributed by atoms with van der Waals surface area (Å²) in [6.45, 7) is 9.57. The molecular weight excluding hydrogens is 356 g/mol. The first-order chi connectivity index (χ1) is 13.4. The Labute approximate surface area is 167 Å². The van der Waals surface area contributed by atoms with Gasteiger partial charge in [0.15, 0.2) is 0 Å². The average molecular weight is 391 g/mol. The minimum atomic E-state index is 0.0580. The predicted molar refractivity (Wildman–Crippen MR) is 106 cm³/mol. The highest BCUT2D eigenvalue weighted by molar-refractivity contribution is 5.79. The molecule has 156 valence electrons. The van der Waals surface area contributed by atoms with Crippen LogP contribution < -0.4 is 5.32 Å². The van der Waals surface area contributed by atoms with Crippen LogP contribution in [0.2, 0.25) is 0 Å². The topological polar surface area (TPSA) is 68.6 Å². The molecule has 3 aliphatic rings. The van der Waals surface area contributed by atoms with Crippen molar-refractivity contribution in [1.82, 2.24) is 20.0 Å². The maximum Gasteiger partial charge on any atom is 0.223 e. The predicted octanol–water partition coefficient (Wildman–Crippen LogP) is 1.67. The van der Waals surface area contributed by atoms with Crippen molar-refractivity contribution < 1.29 is 14.3 Å². The molecule has 3 heterocycles. The Hall–Kier alpha value is -1.44. The summed E-state index contributed by atoms with van der Waals surface area (Å²) < 4.78 is 13.1. The Morgan fingerprint density at radius 2 is 2.21 bits per heavy atom. The van der Waals surface area contributed by atoms with Gasteiger partial charge in [0.2, 0.25) is 5.91 Å². The van der Waals surface area contributed by atoms with Gasteiger partial charge in [-0.05, 0) is 13.3 Å². The number of hydrogen-bond acceptors (Lipinski definition) is 5. The number of carbonyl (C=O) groups is 1. The Morgan fingerprint density at radius 1 is 1.43 bits per heavy atom. The van der Waals surface area contributed by atoms with Crippen molar-refractivity contribution in [3.8, 4) is 0 Å². The van der Waals surface area contributed by atoms with Crippen molar-refractivity contribution in [1.29, 1.82) is 0 Å². The van der Waals surface area contributed by atoms with E-state index < -0.39 is 0 Å². The van der Waals surface area contributed by atoms with Crippen molar-refractivity contribution in [3.05, 3.63) is 17.5 Å². The van der Waals surface area contributed by atoms with Crippen LogP contribution in [0.25, 0.3) is 0 Å². The van der Waals surface area contributed by atoms with Gasteiger partial charge in [0.05, 0.1) is 24.9 Å². The van der Waals surface area contributed by atoms with Crippen LogP contribution in [0.1, 0.15) is 44.0 Å². The zero-order chi connectivity index (χ0) is 20.1. The van der Waals surface area contributed by atoms with Gasteiger partial charge in [-0.3, -0.25) is 9.48 Å². The Kier molecular flexibility index (Phi) is 5.27. The molecule has 5 atom stereocenters. The van der Waals surface area contributed by atoms with Crippen molar-refractivity contribution in [3.63, 3.8) is 0 Å². The van der Waals surface area contributed by atoms with Crippen molar-refractivity contribution in [2.75, 3.05) is 33.4 Å². The van der Waals surface area contributed by atoms with Gasteiger partial charge in [0.25, 0.3) is 0 Å². The summed E-state index contributed by atoms with van der Waals surface area (Å²) in [5, 5.41) is 8.26. The fourth-order valence-electron chi connectivity index (χ4n) is 5.74. The summed E-state index contributed by atoms with van der Waals surface area (Å²) >= 11 is 0. The molecule has 0 unspecified atom stereocenters. The summed E-state index contributed by atoms with van der Waals surface area (Å²) in [5.41, 5.74) is 2.44. The highest BCUT2D eigenvalue weighted by Crippen LogP contribution is 2.52. The Morgan fingerprint density at radius 3 is 2.89 bits per heavy atom. The molecule has 1 aliphatic carbocycles. The summed E-state index contributed by atoms with van der Waals surface area (Å²) in [7, 11) is 3.64. The van der Waals surface area contributed by atoms with E-state index >= 15 is 0 Å². The number of aryl methyl sites for hydroxylation is 1. The molecule has 1 N–H and O–H groups in total. The van der Waals surface area contributed by atoms with Crippen molar-refractivity contribution >= 4 is 5.91 Å². The number of nitrogens with one attached hydrogen (secondary N) is 1. The molecule has 3 fully saturated rings. The van der Waals surface area contributed by atoms with E-state index in [1.165, 1.54) is 0 Å². The first kappa shape index (κ1) is 19.9. The van der Waals surface area contributed by atoms with Crippen LogP contribution in [0.4, 0.5) is 0 Å². The molecule has 0 aromatic carbocycles. The monoisotopic (exact) mass is 390 g/mol. The van der Waals surface area contributed by atoms with E-state index in [0.29, 0.717) is 37.6 Å². The number of amides is 1. The zero-order valence-corrected chi connectivity index (χ0v) is 17.8. The third kappa shape index (κ3) is 3.08. The Bertz CT molecular complexity index is 731. The minimum absolute atomic E-state index is 0.0580. The second-order valence-corrected chi connectivity index (χ2v) is 9.25. The van der Waals surface area contributed by atoms with Gasteiger partial charge in [0.1, 0.15) is 0 Å². The molecule has 1 aromatic rings. The molecule has 0 spiro atoms. The van der Waals surface area contributed by atoms with Crippen LogP contribution in [0, 0.1) is 24.2 Å². The molecule has 1 saturated carbocycles. The quantitative estimate of drug-likeness (QED) is 0.767. The largest absolute Gasteiger partial charge is 0.383 e. The molecule has 0 radical (unpaired) electrons. The number of aromatic nitrogens is 2. The molecule has 7 heteroatoms. The maximum absolute atomic E-state index is 12.8. The fraction of sp³-hybridized carbons (Fsp3) is 0.810. The molecule has 4 rings (SSSR count). The van der Waals surface area contributed by atoms with Crippen molar-refractivity contribution in [2.24, 2.45) is 24.3 Å². The average Bonchev–Trinajstić information content (AvgIpc) is 3.32. The van der Waals surface area contributed by atoms with E-state index in [-0.39, 0.29) is 23.3 Å². The first-order valence-electron chi connectivity index (χ1n) is 10.5. The number of carbonyl (C=O) groups excluding carboxylic acids is 1. The lowest BCUT2D eigenvalue weighted by atomic mass is 9.57. The molecule has 2 saturated heterocycles. The van der Waals surface area contributed by atoms with Crippen LogP contribution in [-0.4, -0.2) is 66.1 Å².